The van der Waals surface area contributed by atoms with Gasteiger partial charge in [-0.1, -0.05) is 42.5 Å². The molecule has 0 saturated carbocycles. The van der Waals surface area contributed by atoms with Crippen LogP contribution in [0.3, 0.4) is 0 Å². The number of benzene rings is 2. The Morgan fingerprint density at radius 1 is 0.944 bits per heavy atom. The van der Waals surface area contributed by atoms with Crippen LogP contribution in [0.4, 0.5) is 0 Å². The molecule has 3 heteroatoms. The van der Waals surface area contributed by atoms with Crippen molar-refractivity contribution in [3.63, 3.8) is 0 Å². The summed E-state index contributed by atoms with van der Waals surface area (Å²) in [6.07, 6.45) is 0. The van der Waals surface area contributed by atoms with Gasteiger partial charge in [0.15, 0.2) is 0 Å². The van der Waals surface area contributed by atoms with E-state index < -0.39 is 5.66 Å². The summed E-state index contributed by atoms with van der Waals surface area (Å²) in [5, 5.41) is 0. The predicted octanol–water partition coefficient (Wildman–Crippen LogP) is 2.36. The van der Waals surface area contributed by atoms with Crippen molar-refractivity contribution in [2.75, 3.05) is 0 Å². The number of hydrogen-bond acceptors (Lipinski definition) is 3. The molecule has 4 N–H and O–H groups in total. The monoisotopic (exact) mass is 242 g/mol. The highest BCUT2D eigenvalue weighted by Crippen LogP contribution is 2.18. The lowest BCUT2D eigenvalue weighted by Crippen LogP contribution is -2.42. The predicted molar refractivity (Wildman–Crippen MR) is 72.9 cm³/mol. The van der Waals surface area contributed by atoms with Crippen molar-refractivity contribution < 1.29 is 4.74 Å². The van der Waals surface area contributed by atoms with Crippen LogP contribution in [0.1, 0.15) is 18.1 Å². The molecule has 2 rings (SSSR count). The van der Waals surface area contributed by atoms with E-state index in [0.717, 1.165) is 16.9 Å². The lowest BCUT2D eigenvalue weighted by atomic mass is 10.0. The highest BCUT2D eigenvalue weighted by atomic mass is 16.5. The average Bonchev–Trinajstić information content (AvgIpc) is 2.37. The van der Waals surface area contributed by atoms with Crippen molar-refractivity contribution in [2.24, 2.45) is 11.5 Å². The molecule has 0 aliphatic rings. The smallest absolute Gasteiger partial charge is 0.119 e. The number of nitrogens with two attached hydrogens (primary N) is 2. The standard InChI is InChI=1S/C15H18N2O/c1-15(16,17)13-7-9-14(10-8-13)18-11-12-5-3-2-4-6-12/h2-10H,11,16-17H2,1H3. The van der Waals surface area contributed by atoms with Crippen LogP contribution in [0.5, 0.6) is 5.75 Å². The fourth-order valence-corrected chi connectivity index (χ4v) is 1.65. The molecule has 0 aliphatic carbocycles. The molecule has 0 saturated heterocycles. The zero-order valence-electron chi connectivity index (χ0n) is 10.5. The quantitative estimate of drug-likeness (QED) is 0.809. The fraction of sp³-hybridized carbons (Fsp3) is 0.200. The van der Waals surface area contributed by atoms with E-state index in [2.05, 4.69) is 0 Å². The molecule has 18 heavy (non-hydrogen) atoms. The minimum absolute atomic E-state index is 0.558. The Morgan fingerprint density at radius 2 is 1.56 bits per heavy atom. The highest BCUT2D eigenvalue weighted by Gasteiger charge is 2.13. The second-order valence-electron chi connectivity index (χ2n) is 4.58. The summed E-state index contributed by atoms with van der Waals surface area (Å²) in [6, 6.07) is 17.6. The third kappa shape index (κ3) is 3.32. The molecule has 0 heterocycles. The lowest BCUT2D eigenvalue weighted by molar-refractivity contribution is 0.306. The highest BCUT2D eigenvalue weighted by molar-refractivity contribution is 5.31. The maximum Gasteiger partial charge on any atom is 0.119 e. The molecule has 2 aromatic carbocycles. The van der Waals surface area contributed by atoms with Crippen molar-refractivity contribution >= 4 is 0 Å². The molecule has 2 aromatic rings. The first-order chi connectivity index (χ1) is 8.55. The SMILES string of the molecule is CC(N)(N)c1ccc(OCc2ccccc2)cc1. The normalized spacial score (nSPS) is 11.3. The van der Waals surface area contributed by atoms with Crippen molar-refractivity contribution in [3.8, 4) is 5.75 Å². The van der Waals surface area contributed by atoms with Crippen molar-refractivity contribution in [1.82, 2.24) is 0 Å². The van der Waals surface area contributed by atoms with Gasteiger partial charge in [0, 0.05) is 0 Å². The van der Waals surface area contributed by atoms with Crippen molar-refractivity contribution in [2.45, 2.75) is 19.2 Å². The van der Waals surface area contributed by atoms with E-state index in [1.165, 1.54) is 0 Å². The zero-order chi connectivity index (χ0) is 13.0. The van der Waals surface area contributed by atoms with Gasteiger partial charge >= 0.3 is 0 Å². The first-order valence-corrected chi connectivity index (χ1v) is 5.91. The molecule has 0 radical (unpaired) electrons. The molecule has 0 aliphatic heterocycles. The maximum atomic E-state index is 5.81. The Balaban J connectivity index is 1.99. The molecular formula is C15H18N2O. The van der Waals surface area contributed by atoms with Gasteiger partial charge in [-0.15, -0.1) is 0 Å². The van der Waals surface area contributed by atoms with Crippen LogP contribution in [-0.4, -0.2) is 0 Å². The van der Waals surface area contributed by atoms with E-state index in [-0.39, 0.29) is 0 Å². The number of hydrogen-bond donors (Lipinski definition) is 2. The van der Waals surface area contributed by atoms with Gasteiger partial charge in [-0.2, -0.15) is 0 Å². The Hall–Kier alpha value is -1.84. The van der Waals surface area contributed by atoms with Crippen LogP contribution in [-0.2, 0) is 12.3 Å². The molecule has 0 unspecified atom stereocenters. The van der Waals surface area contributed by atoms with Gasteiger partial charge in [-0.3, -0.25) is 0 Å². The fourth-order valence-electron chi connectivity index (χ4n) is 1.65. The summed E-state index contributed by atoms with van der Waals surface area (Å²) in [5.41, 5.74) is 12.8. The van der Waals surface area contributed by atoms with Crippen LogP contribution in [0.25, 0.3) is 0 Å². The van der Waals surface area contributed by atoms with E-state index in [1.54, 1.807) is 6.92 Å². The van der Waals surface area contributed by atoms with Gasteiger partial charge in [0.25, 0.3) is 0 Å². The van der Waals surface area contributed by atoms with Crippen molar-refractivity contribution in [1.29, 1.82) is 0 Å². The van der Waals surface area contributed by atoms with Gasteiger partial charge in [0.1, 0.15) is 12.4 Å². The van der Waals surface area contributed by atoms with E-state index in [4.69, 9.17) is 16.2 Å². The first-order valence-electron chi connectivity index (χ1n) is 5.91. The number of ether oxygens (including phenoxy) is 1. The van der Waals surface area contributed by atoms with Crippen LogP contribution in [0, 0.1) is 0 Å². The lowest BCUT2D eigenvalue weighted by Gasteiger charge is -2.19. The first kappa shape index (κ1) is 12.6. The van der Waals surface area contributed by atoms with E-state index >= 15 is 0 Å². The summed E-state index contributed by atoms with van der Waals surface area (Å²) < 4.78 is 5.68. The van der Waals surface area contributed by atoms with Crippen LogP contribution in [0.2, 0.25) is 0 Å². The summed E-state index contributed by atoms with van der Waals surface area (Å²) in [7, 11) is 0. The summed E-state index contributed by atoms with van der Waals surface area (Å²) in [4.78, 5) is 0. The van der Waals surface area contributed by atoms with Crippen LogP contribution < -0.4 is 16.2 Å². The summed E-state index contributed by atoms with van der Waals surface area (Å²) in [6.45, 7) is 2.33. The van der Waals surface area contributed by atoms with Gasteiger partial charge in [0.2, 0.25) is 0 Å². The Bertz CT molecular complexity index is 486. The van der Waals surface area contributed by atoms with Gasteiger partial charge in [-0.25, -0.2) is 0 Å². The second kappa shape index (κ2) is 5.21. The minimum atomic E-state index is -0.808. The summed E-state index contributed by atoms with van der Waals surface area (Å²) >= 11 is 0. The van der Waals surface area contributed by atoms with Gasteiger partial charge < -0.3 is 16.2 Å². The molecule has 0 aromatic heterocycles. The largest absolute Gasteiger partial charge is 0.489 e. The van der Waals surface area contributed by atoms with Gasteiger partial charge in [0.05, 0.1) is 5.66 Å². The Labute approximate surface area is 107 Å². The molecule has 0 bridgehead atoms. The maximum absolute atomic E-state index is 5.81. The third-order valence-corrected chi connectivity index (χ3v) is 2.72. The molecule has 94 valence electrons. The van der Waals surface area contributed by atoms with E-state index in [9.17, 15) is 0 Å². The number of rotatable bonds is 4. The topological polar surface area (TPSA) is 61.3 Å². The summed E-state index contributed by atoms with van der Waals surface area (Å²) in [5.74, 6) is 0.812. The van der Waals surface area contributed by atoms with E-state index in [0.29, 0.717) is 6.61 Å². The second-order valence-corrected chi connectivity index (χ2v) is 4.58. The van der Waals surface area contributed by atoms with Crippen LogP contribution in [0.15, 0.2) is 54.6 Å². The van der Waals surface area contributed by atoms with Crippen LogP contribution >= 0.6 is 0 Å². The Morgan fingerprint density at radius 3 is 2.11 bits per heavy atom. The molecule has 0 atom stereocenters. The van der Waals surface area contributed by atoms with E-state index in [1.807, 2.05) is 54.6 Å². The molecular weight excluding hydrogens is 224 g/mol. The minimum Gasteiger partial charge on any atom is -0.489 e. The zero-order valence-corrected chi connectivity index (χ0v) is 10.5. The third-order valence-electron chi connectivity index (χ3n) is 2.72. The average molecular weight is 242 g/mol. The molecule has 3 nitrogen and oxygen atoms in total. The Kier molecular flexibility index (Phi) is 3.65. The van der Waals surface area contributed by atoms with Crippen molar-refractivity contribution in [3.05, 3.63) is 65.7 Å². The van der Waals surface area contributed by atoms with Gasteiger partial charge in [-0.05, 0) is 30.2 Å². The molecule has 0 fully saturated rings. The molecule has 0 spiro atoms. The molecule has 0 amide bonds.